The number of carbonyl (C=O) groups is 1. The molecule has 0 spiro atoms. The van der Waals surface area contributed by atoms with Gasteiger partial charge in [-0.05, 0) is 5.57 Å². The second-order valence-electron chi connectivity index (χ2n) is 2.61. The first kappa shape index (κ1) is 10.3. The van der Waals surface area contributed by atoms with Gasteiger partial charge in [-0.1, -0.05) is 36.5 Å². The van der Waals surface area contributed by atoms with Crippen molar-refractivity contribution in [2.24, 2.45) is 0 Å². The van der Waals surface area contributed by atoms with Crippen molar-refractivity contribution < 1.29 is 4.79 Å². The van der Waals surface area contributed by atoms with Crippen molar-refractivity contribution >= 4 is 57.2 Å². The first-order valence-electron chi connectivity index (χ1n) is 3.67. The van der Waals surface area contributed by atoms with Crippen LogP contribution in [0.3, 0.4) is 0 Å². The number of carbonyl (C=O) groups excluding carboxylic acids is 1. The molecular formula is C10H9KO. The van der Waals surface area contributed by atoms with E-state index in [9.17, 15) is 4.79 Å². The van der Waals surface area contributed by atoms with Crippen LogP contribution < -0.4 is 0 Å². The topological polar surface area (TPSA) is 17.1 Å². The quantitative estimate of drug-likeness (QED) is 0.518. The van der Waals surface area contributed by atoms with Crippen LogP contribution in [0.2, 0.25) is 0 Å². The molecule has 0 N–H and O–H groups in total. The van der Waals surface area contributed by atoms with E-state index in [4.69, 9.17) is 0 Å². The van der Waals surface area contributed by atoms with Gasteiger partial charge in [-0.3, -0.25) is 4.79 Å². The summed E-state index contributed by atoms with van der Waals surface area (Å²) in [5.74, 6) is 0.233. The molecule has 0 fully saturated rings. The molecule has 0 heterocycles. The van der Waals surface area contributed by atoms with E-state index in [1.807, 2.05) is 36.5 Å². The molecule has 0 aromatic carbocycles. The number of hydrogen-bond donors (Lipinski definition) is 0. The summed E-state index contributed by atoms with van der Waals surface area (Å²) in [5.41, 5.74) is 1.93. The van der Waals surface area contributed by atoms with Crippen molar-refractivity contribution in [2.75, 3.05) is 0 Å². The summed E-state index contributed by atoms with van der Waals surface area (Å²) in [6.07, 6.45) is 12.2. The third-order valence-corrected chi connectivity index (χ3v) is 1.88. The zero-order chi connectivity index (χ0) is 7.68. The van der Waals surface area contributed by atoms with Crippen LogP contribution in [0, 0.1) is 0 Å². The summed E-state index contributed by atoms with van der Waals surface area (Å²) in [4.78, 5) is 11.2. The van der Waals surface area contributed by atoms with E-state index < -0.39 is 0 Å². The monoisotopic (exact) mass is 184 g/mol. The number of Topliss-reactive ketones (excluding diaryl/α,β-unsaturated/α-hetero) is 1. The first-order valence-corrected chi connectivity index (χ1v) is 3.67. The predicted molar refractivity (Wildman–Crippen MR) is 51.2 cm³/mol. The second kappa shape index (κ2) is 4.49. The summed E-state index contributed by atoms with van der Waals surface area (Å²) in [5, 5.41) is 0. The van der Waals surface area contributed by atoms with Crippen LogP contribution in [0.4, 0.5) is 0 Å². The van der Waals surface area contributed by atoms with Crippen molar-refractivity contribution in [2.45, 2.75) is 6.42 Å². The molecule has 0 aromatic heterocycles. The van der Waals surface area contributed by atoms with Gasteiger partial charge in [-0.25, -0.2) is 0 Å². The fraction of sp³-hybridized carbons (Fsp3) is 0.100. The Morgan fingerprint density at radius 2 is 2.00 bits per heavy atom. The fourth-order valence-electron chi connectivity index (χ4n) is 1.31. The van der Waals surface area contributed by atoms with E-state index in [1.165, 1.54) is 0 Å². The molecule has 2 heteroatoms. The second-order valence-corrected chi connectivity index (χ2v) is 2.61. The number of hydrogen-bond acceptors (Lipinski definition) is 1. The number of fused-ring (bicyclic) bond motifs is 1. The normalized spacial score (nSPS) is 19.2. The van der Waals surface area contributed by atoms with Gasteiger partial charge < -0.3 is 0 Å². The van der Waals surface area contributed by atoms with Crippen molar-refractivity contribution in [3.63, 3.8) is 0 Å². The van der Waals surface area contributed by atoms with Gasteiger partial charge in [0.15, 0.2) is 5.78 Å². The van der Waals surface area contributed by atoms with E-state index >= 15 is 0 Å². The van der Waals surface area contributed by atoms with Crippen LogP contribution in [0.1, 0.15) is 6.42 Å². The van der Waals surface area contributed by atoms with Crippen molar-refractivity contribution in [1.29, 1.82) is 0 Å². The Kier molecular flexibility index (Phi) is 3.87. The van der Waals surface area contributed by atoms with Crippen molar-refractivity contribution in [3.8, 4) is 0 Å². The molecule has 0 aliphatic heterocycles. The van der Waals surface area contributed by atoms with E-state index in [0.29, 0.717) is 6.42 Å². The molecule has 0 saturated heterocycles. The van der Waals surface area contributed by atoms with Gasteiger partial charge in [-0.2, -0.15) is 0 Å². The molecule has 0 aromatic rings. The van der Waals surface area contributed by atoms with E-state index in [1.54, 1.807) is 0 Å². The Morgan fingerprint density at radius 1 is 1.17 bits per heavy atom. The number of ketones is 1. The average molecular weight is 184 g/mol. The summed E-state index contributed by atoms with van der Waals surface area (Å²) in [6.45, 7) is 0. The molecule has 2 rings (SSSR count). The molecule has 0 atom stereocenters. The van der Waals surface area contributed by atoms with Crippen LogP contribution >= 0.6 is 0 Å². The summed E-state index contributed by atoms with van der Waals surface area (Å²) in [6, 6.07) is 0. The van der Waals surface area contributed by atoms with Gasteiger partial charge in [0.2, 0.25) is 0 Å². The molecule has 0 unspecified atom stereocenters. The molecule has 12 heavy (non-hydrogen) atoms. The van der Waals surface area contributed by atoms with Gasteiger partial charge in [0, 0.05) is 12.0 Å². The van der Waals surface area contributed by atoms with Gasteiger partial charge in [-0.15, -0.1) is 0 Å². The molecule has 0 radical (unpaired) electrons. The zero-order valence-corrected chi connectivity index (χ0v) is 6.08. The molecule has 0 bridgehead atoms. The van der Waals surface area contributed by atoms with Crippen LogP contribution in [0.15, 0.2) is 47.6 Å². The third kappa shape index (κ3) is 1.95. The Morgan fingerprint density at radius 3 is 2.83 bits per heavy atom. The summed E-state index contributed by atoms with van der Waals surface area (Å²) in [7, 11) is 0. The fourth-order valence-corrected chi connectivity index (χ4v) is 1.31. The molecule has 0 saturated carbocycles. The third-order valence-electron chi connectivity index (χ3n) is 1.88. The van der Waals surface area contributed by atoms with E-state index in [0.717, 1.165) is 11.1 Å². The van der Waals surface area contributed by atoms with Crippen molar-refractivity contribution in [3.05, 3.63) is 47.6 Å². The first-order chi connectivity index (χ1) is 5.38. The SMILES string of the molecule is O=C1CC=C2C=CC=CC=C12.[KH]. The van der Waals surface area contributed by atoms with Crippen LogP contribution in [0.25, 0.3) is 0 Å². The minimum absolute atomic E-state index is 0. The maximum atomic E-state index is 11.2. The number of rotatable bonds is 0. The van der Waals surface area contributed by atoms with Gasteiger partial charge in [0.1, 0.15) is 0 Å². The molecule has 0 amide bonds. The van der Waals surface area contributed by atoms with Crippen LogP contribution in [-0.2, 0) is 4.79 Å². The van der Waals surface area contributed by atoms with E-state index in [-0.39, 0.29) is 57.2 Å². The molecule has 1 nitrogen and oxygen atoms in total. The summed E-state index contributed by atoms with van der Waals surface area (Å²) < 4.78 is 0. The molecule has 2 aliphatic carbocycles. The number of allylic oxidation sites excluding steroid dienone is 8. The van der Waals surface area contributed by atoms with Gasteiger partial charge in [0.05, 0.1) is 0 Å². The van der Waals surface area contributed by atoms with E-state index in [2.05, 4.69) is 0 Å². The predicted octanol–water partition coefficient (Wildman–Crippen LogP) is 1.29. The zero-order valence-electron chi connectivity index (χ0n) is 6.08. The minimum atomic E-state index is 0. The van der Waals surface area contributed by atoms with Gasteiger partial charge in [0.25, 0.3) is 0 Å². The maximum absolute atomic E-state index is 11.2. The summed E-state index contributed by atoms with van der Waals surface area (Å²) >= 11 is 0. The average Bonchev–Trinajstić information content (AvgIpc) is 2.25. The Bertz CT molecular complexity index is 319. The standard InChI is InChI=1S/C10H8O.K.H/c11-10-7-6-8-4-2-1-3-5-9(8)10;;/h1-6H,7H2;;. The molecule has 56 valence electrons. The Hall–Kier alpha value is 0.266. The Balaban J connectivity index is 0.000000720. The van der Waals surface area contributed by atoms with Crippen LogP contribution in [0.5, 0.6) is 0 Å². The van der Waals surface area contributed by atoms with Crippen LogP contribution in [-0.4, -0.2) is 57.2 Å². The Labute approximate surface area is 114 Å². The van der Waals surface area contributed by atoms with Crippen molar-refractivity contribution in [1.82, 2.24) is 0 Å². The molecular weight excluding hydrogens is 175 g/mol. The molecule has 2 aliphatic rings. The van der Waals surface area contributed by atoms with Gasteiger partial charge >= 0.3 is 51.4 Å².